The van der Waals surface area contributed by atoms with E-state index in [2.05, 4.69) is 19.2 Å². The normalized spacial score (nSPS) is 11.8. The van der Waals surface area contributed by atoms with E-state index in [1.807, 2.05) is 6.92 Å². The first kappa shape index (κ1) is 15.8. The van der Waals surface area contributed by atoms with Crippen LogP contribution in [0.1, 0.15) is 37.6 Å². The zero-order valence-electron chi connectivity index (χ0n) is 10.6. The van der Waals surface area contributed by atoms with Gasteiger partial charge >= 0.3 is 0 Å². The second-order valence-corrected chi connectivity index (χ2v) is 4.63. The molecule has 1 atom stereocenters. The van der Waals surface area contributed by atoms with Crippen molar-refractivity contribution in [1.82, 2.24) is 5.32 Å². The van der Waals surface area contributed by atoms with Crippen LogP contribution >= 0.6 is 12.4 Å². The van der Waals surface area contributed by atoms with Crippen LogP contribution in [0.15, 0.2) is 24.3 Å². The number of carbonyl (C=O) groups excluding carboxylic acids is 1. The Kier molecular flexibility index (Phi) is 6.66. The number of nitrogens with one attached hydrogen (secondary N) is 1. The van der Waals surface area contributed by atoms with E-state index in [9.17, 15) is 4.79 Å². The maximum atomic E-state index is 11.8. The van der Waals surface area contributed by atoms with Gasteiger partial charge in [-0.15, -0.1) is 12.4 Å². The minimum atomic E-state index is -0.0341. The summed E-state index contributed by atoms with van der Waals surface area (Å²) in [6.07, 6.45) is 0.987. The Morgan fingerprint density at radius 3 is 2.24 bits per heavy atom. The van der Waals surface area contributed by atoms with Gasteiger partial charge in [-0.1, -0.05) is 13.8 Å². The predicted molar refractivity (Wildman–Crippen MR) is 74.5 cm³/mol. The molecule has 0 bridgehead atoms. The number of rotatable bonds is 4. The molecule has 0 aliphatic carbocycles. The van der Waals surface area contributed by atoms with E-state index in [1.165, 1.54) is 0 Å². The standard InChI is InChI=1S/C13H20N2O.ClH/c1-9(2)8-10(3)15-13(16)11-4-6-12(14)7-5-11;/h4-7,9-10H,8,14H2,1-3H3,(H,15,16);1H. The Labute approximate surface area is 109 Å². The van der Waals surface area contributed by atoms with Crippen molar-refractivity contribution in [2.75, 3.05) is 5.73 Å². The van der Waals surface area contributed by atoms with Crippen molar-refractivity contribution >= 4 is 24.0 Å². The second kappa shape index (κ2) is 7.17. The van der Waals surface area contributed by atoms with Crippen LogP contribution in [0, 0.1) is 5.92 Å². The minimum Gasteiger partial charge on any atom is -0.399 e. The molecule has 1 aromatic rings. The molecule has 4 heteroatoms. The molecule has 3 nitrogen and oxygen atoms in total. The molecular weight excluding hydrogens is 236 g/mol. The first-order valence-corrected chi connectivity index (χ1v) is 5.65. The maximum Gasteiger partial charge on any atom is 0.251 e. The summed E-state index contributed by atoms with van der Waals surface area (Å²) in [5.41, 5.74) is 6.89. The molecule has 0 spiro atoms. The van der Waals surface area contributed by atoms with Crippen LogP contribution in [0.3, 0.4) is 0 Å². The summed E-state index contributed by atoms with van der Waals surface area (Å²) in [4.78, 5) is 11.8. The fourth-order valence-corrected chi connectivity index (χ4v) is 1.71. The topological polar surface area (TPSA) is 55.1 Å². The molecule has 0 saturated carbocycles. The lowest BCUT2D eigenvalue weighted by molar-refractivity contribution is 0.0936. The van der Waals surface area contributed by atoms with Gasteiger partial charge in [-0.25, -0.2) is 0 Å². The van der Waals surface area contributed by atoms with Crippen LogP contribution < -0.4 is 11.1 Å². The number of nitrogen functional groups attached to an aromatic ring is 1. The highest BCUT2D eigenvalue weighted by Crippen LogP contribution is 2.08. The summed E-state index contributed by atoms with van der Waals surface area (Å²) >= 11 is 0. The number of anilines is 1. The quantitative estimate of drug-likeness (QED) is 0.814. The molecule has 0 aliphatic rings. The molecular formula is C13H21ClN2O. The van der Waals surface area contributed by atoms with E-state index in [0.29, 0.717) is 17.2 Å². The zero-order valence-corrected chi connectivity index (χ0v) is 11.4. The van der Waals surface area contributed by atoms with E-state index in [4.69, 9.17) is 5.73 Å². The second-order valence-electron chi connectivity index (χ2n) is 4.63. The molecule has 0 aromatic heterocycles. The molecule has 0 fully saturated rings. The van der Waals surface area contributed by atoms with Crippen molar-refractivity contribution in [3.05, 3.63) is 29.8 Å². The van der Waals surface area contributed by atoms with E-state index < -0.39 is 0 Å². The van der Waals surface area contributed by atoms with Gasteiger partial charge in [0.25, 0.3) is 5.91 Å². The minimum absolute atomic E-state index is 0. The lowest BCUT2D eigenvalue weighted by Gasteiger charge is -2.15. The Morgan fingerprint density at radius 1 is 1.24 bits per heavy atom. The summed E-state index contributed by atoms with van der Waals surface area (Å²) in [6, 6.07) is 7.16. The van der Waals surface area contributed by atoms with Gasteiger partial charge in [-0.2, -0.15) is 0 Å². The van der Waals surface area contributed by atoms with E-state index in [-0.39, 0.29) is 24.4 Å². The fraction of sp³-hybridized carbons (Fsp3) is 0.462. The van der Waals surface area contributed by atoms with E-state index >= 15 is 0 Å². The Balaban J connectivity index is 0.00000256. The van der Waals surface area contributed by atoms with Gasteiger partial charge in [0, 0.05) is 17.3 Å². The molecule has 1 amide bonds. The summed E-state index contributed by atoms with van der Waals surface area (Å²) in [7, 11) is 0. The van der Waals surface area contributed by atoms with Crippen LogP contribution in [0.25, 0.3) is 0 Å². The molecule has 1 rings (SSSR count). The summed E-state index contributed by atoms with van der Waals surface area (Å²) in [5.74, 6) is 0.551. The number of benzene rings is 1. The molecule has 0 radical (unpaired) electrons. The first-order valence-electron chi connectivity index (χ1n) is 5.65. The third-order valence-corrected chi connectivity index (χ3v) is 2.38. The van der Waals surface area contributed by atoms with E-state index in [0.717, 1.165) is 6.42 Å². The molecule has 3 N–H and O–H groups in total. The monoisotopic (exact) mass is 256 g/mol. The van der Waals surface area contributed by atoms with E-state index in [1.54, 1.807) is 24.3 Å². The van der Waals surface area contributed by atoms with Crippen molar-refractivity contribution in [1.29, 1.82) is 0 Å². The number of hydrogen-bond acceptors (Lipinski definition) is 2. The van der Waals surface area contributed by atoms with Crippen molar-refractivity contribution in [3.8, 4) is 0 Å². The first-order chi connectivity index (χ1) is 7.49. The molecule has 0 saturated heterocycles. The highest BCUT2D eigenvalue weighted by Gasteiger charge is 2.10. The molecule has 0 heterocycles. The average Bonchev–Trinajstić information content (AvgIpc) is 2.16. The molecule has 96 valence electrons. The van der Waals surface area contributed by atoms with Gasteiger partial charge in [-0.05, 0) is 43.5 Å². The predicted octanol–water partition coefficient (Wildman–Crippen LogP) is 2.86. The highest BCUT2D eigenvalue weighted by molar-refractivity contribution is 5.94. The van der Waals surface area contributed by atoms with Gasteiger partial charge in [-0.3, -0.25) is 4.79 Å². The summed E-state index contributed by atoms with van der Waals surface area (Å²) in [6.45, 7) is 6.31. The van der Waals surface area contributed by atoms with Crippen LogP contribution in [0.4, 0.5) is 5.69 Å². The SMILES string of the molecule is CC(C)CC(C)NC(=O)c1ccc(N)cc1.Cl. The van der Waals surface area contributed by atoms with Crippen molar-refractivity contribution in [2.45, 2.75) is 33.2 Å². The third-order valence-electron chi connectivity index (χ3n) is 2.38. The van der Waals surface area contributed by atoms with Gasteiger partial charge in [0.1, 0.15) is 0 Å². The Bertz CT molecular complexity index is 349. The highest BCUT2D eigenvalue weighted by atomic mass is 35.5. The molecule has 17 heavy (non-hydrogen) atoms. The van der Waals surface area contributed by atoms with Crippen LogP contribution in [0.2, 0.25) is 0 Å². The molecule has 1 aromatic carbocycles. The van der Waals surface area contributed by atoms with Crippen LogP contribution in [0.5, 0.6) is 0 Å². The number of hydrogen-bond donors (Lipinski definition) is 2. The van der Waals surface area contributed by atoms with Gasteiger partial charge < -0.3 is 11.1 Å². The number of halogens is 1. The Morgan fingerprint density at radius 2 is 1.76 bits per heavy atom. The molecule has 0 aliphatic heterocycles. The maximum absolute atomic E-state index is 11.8. The number of carbonyl (C=O) groups is 1. The number of amides is 1. The molecule has 1 unspecified atom stereocenters. The van der Waals surface area contributed by atoms with Crippen LogP contribution in [-0.2, 0) is 0 Å². The largest absolute Gasteiger partial charge is 0.399 e. The Hall–Kier alpha value is -1.22. The van der Waals surface area contributed by atoms with Crippen molar-refractivity contribution in [3.63, 3.8) is 0 Å². The van der Waals surface area contributed by atoms with Gasteiger partial charge in [0.15, 0.2) is 0 Å². The van der Waals surface area contributed by atoms with Gasteiger partial charge in [0.05, 0.1) is 0 Å². The van der Waals surface area contributed by atoms with Crippen molar-refractivity contribution < 1.29 is 4.79 Å². The van der Waals surface area contributed by atoms with Crippen LogP contribution in [-0.4, -0.2) is 11.9 Å². The average molecular weight is 257 g/mol. The zero-order chi connectivity index (χ0) is 12.1. The van der Waals surface area contributed by atoms with Gasteiger partial charge in [0.2, 0.25) is 0 Å². The van der Waals surface area contributed by atoms with Crippen molar-refractivity contribution in [2.24, 2.45) is 5.92 Å². The smallest absolute Gasteiger partial charge is 0.251 e. The fourth-order valence-electron chi connectivity index (χ4n) is 1.71. The summed E-state index contributed by atoms with van der Waals surface area (Å²) in [5, 5.41) is 2.97. The lowest BCUT2D eigenvalue weighted by atomic mass is 10.0. The summed E-state index contributed by atoms with van der Waals surface area (Å²) < 4.78 is 0. The third kappa shape index (κ3) is 5.59. The number of nitrogens with two attached hydrogens (primary N) is 1. The lowest BCUT2D eigenvalue weighted by Crippen LogP contribution is -2.33.